The lowest BCUT2D eigenvalue weighted by atomic mass is 9.95. The second kappa shape index (κ2) is 13.2. The molecule has 0 amide bonds. The van der Waals surface area contributed by atoms with Gasteiger partial charge < -0.3 is 18.9 Å². The minimum absolute atomic E-state index is 0.0639. The van der Waals surface area contributed by atoms with Gasteiger partial charge in [0.25, 0.3) is 0 Å². The SMILES string of the molecule is C=CC[C@H]1O[C@H](COCc2ccccc2)C[C@H](OCc2ccccc2)[C@@H]1OCc1ccccc1. The molecule has 0 unspecified atom stereocenters. The molecule has 1 aliphatic heterocycles. The van der Waals surface area contributed by atoms with Gasteiger partial charge in [0.05, 0.1) is 44.7 Å². The Balaban J connectivity index is 1.42. The fourth-order valence-electron chi connectivity index (χ4n) is 4.28. The minimum Gasteiger partial charge on any atom is -0.374 e. The summed E-state index contributed by atoms with van der Waals surface area (Å²) in [5.74, 6) is 0. The van der Waals surface area contributed by atoms with Crippen molar-refractivity contribution in [1.29, 1.82) is 0 Å². The van der Waals surface area contributed by atoms with Gasteiger partial charge >= 0.3 is 0 Å². The molecule has 0 saturated carbocycles. The molecule has 4 rings (SSSR count). The molecule has 1 aliphatic rings. The van der Waals surface area contributed by atoms with E-state index in [9.17, 15) is 0 Å². The van der Waals surface area contributed by atoms with Crippen molar-refractivity contribution in [2.45, 2.75) is 57.1 Å². The zero-order chi connectivity index (χ0) is 23.4. The molecule has 0 spiro atoms. The molecule has 0 aromatic heterocycles. The van der Waals surface area contributed by atoms with Crippen LogP contribution in [0.15, 0.2) is 104 Å². The molecule has 0 aliphatic carbocycles. The van der Waals surface area contributed by atoms with Crippen LogP contribution in [0.25, 0.3) is 0 Å². The van der Waals surface area contributed by atoms with Gasteiger partial charge in [-0.05, 0) is 23.1 Å². The lowest BCUT2D eigenvalue weighted by molar-refractivity contribution is -0.215. The number of hydrogen-bond donors (Lipinski definition) is 0. The second-order valence-electron chi connectivity index (χ2n) is 8.65. The predicted octanol–water partition coefficient (Wildman–Crippen LogP) is 6.11. The first kappa shape index (κ1) is 24.4. The largest absolute Gasteiger partial charge is 0.374 e. The lowest BCUT2D eigenvalue weighted by Gasteiger charge is -2.41. The van der Waals surface area contributed by atoms with Crippen molar-refractivity contribution in [3.05, 3.63) is 120 Å². The Labute approximate surface area is 203 Å². The molecule has 3 aromatic rings. The number of benzene rings is 3. The zero-order valence-electron chi connectivity index (χ0n) is 19.6. The third-order valence-corrected chi connectivity index (χ3v) is 6.00. The van der Waals surface area contributed by atoms with Gasteiger partial charge in [-0.2, -0.15) is 0 Å². The molecule has 178 valence electrons. The normalized spacial score (nSPS) is 22.4. The molecule has 1 heterocycles. The smallest absolute Gasteiger partial charge is 0.111 e. The van der Waals surface area contributed by atoms with Crippen LogP contribution in [-0.4, -0.2) is 31.0 Å². The summed E-state index contributed by atoms with van der Waals surface area (Å²) in [6, 6.07) is 30.7. The second-order valence-corrected chi connectivity index (χ2v) is 8.65. The van der Waals surface area contributed by atoms with Gasteiger partial charge in [-0.1, -0.05) is 97.1 Å². The summed E-state index contributed by atoms with van der Waals surface area (Å²) >= 11 is 0. The molecule has 3 aromatic carbocycles. The third kappa shape index (κ3) is 7.37. The highest BCUT2D eigenvalue weighted by atomic mass is 16.6. The highest BCUT2D eigenvalue weighted by Crippen LogP contribution is 2.29. The van der Waals surface area contributed by atoms with Crippen LogP contribution in [0, 0.1) is 0 Å². The van der Waals surface area contributed by atoms with Gasteiger partial charge in [0.15, 0.2) is 0 Å². The molecule has 1 fully saturated rings. The van der Waals surface area contributed by atoms with E-state index in [0.29, 0.717) is 39.3 Å². The molecule has 4 heteroatoms. The van der Waals surface area contributed by atoms with Gasteiger partial charge in [-0.15, -0.1) is 6.58 Å². The van der Waals surface area contributed by atoms with Gasteiger partial charge in [-0.25, -0.2) is 0 Å². The maximum Gasteiger partial charge on any atom is 0.111 e. The van der Waals surface area contributed by atoms with E-state index >= 15 is 0 Å². The van der Waals surface area contributed by atoms with Crippen molar-refractivity contribution in [3.63, 3.8) is 0 Å². The van der Waals surface area contributed by atoms with Crippen molar-refractivity contribution in [1.82, 2.24) is 0 Å². The van der Waals surface area contributed by atoms with E-state index in [1.54, 1.807) is 0 Å². The third-order valence-electron chi connectivity index (χ3n) is 6.00. The van der Waals surface area contributed by atoms with E-state index in [2.05, 4.69) is 43.0 Å². The highest BCUT2D eigenvalue weighted by Gasteiger charge is 2.39. The Kier molecular flexibility index (Phi) is 9.47. The molecular weight excluding hydrogens is 424 g/mol. The van der Waals surface area contributed by atoms with Gasteiger partial charge in [0, 0.05) is 6.42 Å². The molecule has 1 saturated heterocycles. The molecule has 0 bridgehead atoms. The van der Waals surface area contributed by atoms with Crippen LogP contribution in [0.2, 0.25) is 0 Å². The Morgan fingerprint density at radius 3 is 1.82 bits per heavy atom. The standard InChI is InChI=1S/C30H34O4/c1-2-12-28-30(33-22-26-17-10-5-11-18-26)29(32-21-25-15-8-4-9-16-25)19-27(34-28)23-31-20-24-13-6-3-7-14-24/h2-11,13-18,27-30H,1,12,19-23H2/t27-,28+,29-,30+/m0/s1. The summed E-state index contributed by atoms with van der Waals surface area (Å²) in [4.78, 5) is 0. The topological polar surface area (TPSA) is 36.9 Å². The summed E-state index contributed by atoms with van der Waals surface area (Å²) in [6.07, 6.45) is 2.81. The summed E-state index contributed by atoms with van der Waals surface area (Å²) in [7, 11) is 0. The predicted molar refractivity (Wildman–Crippen MR) is 134 cm³/mol. The van der Waals surface area contributed by atoms with Crippen LogP contribution in [0.5, 0.6) is 0 Å². The molecule has 4 atom stereocenters. The van der Waals surface area contributed by atoms with E-state index in [1.807, 2.05) is 60.7 Å². The number of ether oxygens (including phenoxy) is 4. The maximum atomic E-state index is 6.45. The van der Waals surface area contributed by atoms with Crippen molar-refractivity contribution < 1.29 is 18.9 Å². The summed E-state index contributed by atoms with van der Waals surface area (Å²) in [6.45, 7) is 6.08. The van der Waals surface area contributed by atoms with Crippen molar-refractivity contribution in [3.8, 4) is 0 Å². The summed E-state index contributed by atoms with van der Waals surface area (Å²) < 4.78 is 25.3. The van der Waals surface area contributed by atoms with Crippen molar-refractivity contribution >= 4 is 0 Å². The molecule has 4 nitrogen and oxygen atoms in total. The fraction of sp³-hybridized carbons (Fsp3) is 0.333. The Hall–Kier alpha value is -2.76. The first-order valence-electron chi connectivity index (χ1n) is 12.0. The number of hydrogen-bond acceptors (Lipinski definition) is 4. The van der Waals surface area contributed by atoms with Crippen LogP contribution in [0.3, 0.4) is 0 Å². The van der Waals surface area contributed by atoms with Gasteiger partial charge in [-0.3, -0.25) is 0 Å². The summed E-state index contributed by atoms with van der Waals surface area (Å²) in [5, 5.41) is 0. The van der Waals surface area contributed by atoms with Crippen molar-refractivity contribution in [2.75, 3.05) is 6.61 Å². The quantitative estimate of drug-likeness (QED) is 0.307. The van der Waals surface area contributed by atoms with Crippen molar-refractivity contribution in [2.24, 2.45) is 0 Å². The van der Waals surface area contributed by atoms with Gasteiger partial charge in [0.2, 0.25) is 0 Å². The van der Waals surface area contributed by atoms with Gasteiger partial charge in [0.1, 0.15) is 6.10 Å². The fourth-order valence-corrected chi connectivity index (χ4v) is 4.28. The monoisotopic (exact) mass is 458 g/mol. The highest BCUT2D eigenvalue weighted by molar-refractivity contribution is 5.15. The maximum absolute atomic E-state index is 6.45. The van der Waals surface area contributed by atoms with E-state index in [0.717, 1.165) is 16.7 Å². The zero-order valence-corrected chi connectivity index (χ0v) is 19.6. The van der Waals surface area contributed by atoms with E-state index in [4.69, 9.17) is 18.9 Å². The first-order chi connectivity index (χ1) is 16.8. The van der Waals surface area contributed by atoms with E-state index in [-0.39, 0.29) is 24.4 Å². The lowest BCUT2D eigenvalue weighted by Crippen LogP contribution is -2.51. The van der Waals surface area contributed by atoms with E-state index in [1.165, 1.54) is 0 Å². The first-order valence-corrected chi connectivity index (χ1v) is 12.0. The Bertz CT molecular complexity index is 961. The number of rotatable bonds is 12. The minimum atomic E-state index is -0.188. The average molecular weight is 459 g/mol. The molecule has 0 N–H and O–H groups in total. The Morgan fingerprint density at radius 2 is 1.26 bits per heavy atom. The molecule has 34 heavy (non-hydrogen) atoms. The van der Waals surface area contributed by atoms with Crippen LogP contribution < -0.4 is 0 Å². The summed E-state index contributed by atoms with van der Waals surface area (Å²) in [5.41, 5.74) is 3.44. The van der Waals surface area contributed by atoms with Crippen LogP contribution in [-0.2, 0) is 38.8 Å². The average Bonchev–Trinajstić information content (AvgIpc) is 2.89. The van der Waals surface area contributed by atoms with Crippen LogP contribution in [0.4, 0.5) is 0 Å². The van der Waals surface area contributed by atoms with E-state index < -0.39 is 0 Å². The van der Waals surface area contributed by atoms with Crippen LogP contribution >= 0.6 is 0 Å². The molecule has 0 radical (unpaired) electrons. The molecular formula is C30H34O4. The van der Waals surface area contributed by atoms with Crippen LogP contribution in [0.1, 0.15) is 29.5 Å². The Morgan fingerprint density at radius 1 is 0.735 bits per heavy atom.